The van der Waals surface area contributed by atoms with Gasteiger partial charge in [-0.25, -0.2) is 0 Å². The summed E-state index contributed by atoms with van der Waals surface area (Å²) in [5, 5.41) is 5.66. The van der Waals surface area contributed by atoms with Crippen molar-refractivity contribution in [3.05, 3.63) is 59.6 Å². The van der Waals surface area contributed by atoms with Crippen molar-refractivity contribution in [1.82, 2.24) is 0 Å². The second-order valence-electron chi connectivity index (χ2n) is 4.84. The van der Waals surface area contributed by atoms with E-state index >= 15 is 0 Å². The molecule has 2 aromatic rings. The Kier molecular flexibility index (Phi) is 6.50. The van der Waals surface area contributed by atoms with Gasteiger partial charge in [-0.15, -0.1) is 11.8 Å². The number of carbonyl (C=O) groups is 2. The van der Waals surface area contributed by atoms with Gasteiger partial charge in [0.05, 0.1) is 21.7 Å². The molecule has 4 nitrogen and oxygen atoms in total. The highest BCUT2D eigenvalue weighted by molar-refractivity contribution is 8.01. The van der Waals surface area contributed by atoms with Gasteiger partial charge in [0.1, 0.15) is 0 Å². The molecular formula is C17H17ClN2O2S. The Morgan fingerprint density at radius 3 is 2.39 bits per heavy atom. The number of para-hydroxylation sites is 2. The monoisotopic (exact) mass is 348 g/mol. The van der Waals surface area contributed by atoms with E-state index in [1.807, 2.05) is 30.3 Å². The van der Waals surface area contributed by atoms with Crippen LogP contribution < -0.4 is 10.6 Å². The molecule has 0 aromatic heterocycles. The molecule has 2 N–H and O–H groups in total. The summed E-state index contributed by atoms with van der Waals surface area (Å²) in [5.41, 5.74) is 1.31. The molecular weight excluding hydrogens is 332 g/mol. The lowest BCUT2D eigenvalue weighted by molar-refractivity contribution is -0.115. The molecule has 0 saturated heterocycles. The standard InChI is InChI=1S/C17H17ClN2O2S/c1-12(17(22)20-15-10-6-5-9-14(15)18)23-11-16(21)19-13-7-3-2-4-8-13/h2-10,12H,11H2,1H3,(H,19,21)(H,20,22)/t12-/m1/s1. The van der Waals surface area contributed by atoms with Gasteiger partial charge in [-0.05, 0) is 31.2 Å². The van der Waals surface area contributed by atoms with Gasteiger partial charge in [0.2, 0.25) is 11.8 Å². The van der Waals surface area contributed by atoms with Crippen LogP contribution in [0.3, 0.4) is 0 Å². The van der Waals surface area contributed by atoms with E-state index in [4.69, 9.17) is 11.6 Å². The first-order valence-corrected chi connectivity index (χ1v) is 8.51. The summed E-state index contributed by atoms with van der Waals surface area (Å²) in [6.45, 7) is 1.76. The van der Waals surface area contributed by atoms with Crippen LogP contribution in [0.1, 0.15) is 6.92 Å². The minimum Gasteiger partial charge on any atom is -0.325 e. The maximum Gasteiger partial charge on any atom is 0.237 e. The zero-order valence-corrected chi connectivity index (χ0v) is 14.2. The molecule has 0 spiro atoms. The molecule has 2 aromatic carbocycles. The fourth-order valence-corrected chi connectivity index (χ4v) is 2.66. The molecule has 0 aliphatic rings. The van der Waals surface area contributed by atoms with Gasteiger partial charge in [-0.2, -0.15) is 0 Å². The predicted octanol–water partition coefficient (Wildman–Crippen LogP) is 4.04. The third kappa shape index (κ3) is 5.62. The predicted molar refractivity (Wildman–Crippen MR) is 97.1 cm³/mol. The van der Waals surface area contributed by atoms with Crippen LogP contribution in [-0.2, 0) is 9.59 Å². The maximum absolute atomic E-state index is 12.1. The molecule has 6 heteroatoms. The largest absolute Gasteiger partial charge is 0.325 e. The lowest BCUT2D eigenvalue weighted by Gasteiger charge is -2.13. The lowest BCUT2D eigenvalue weighted by atomic mass is 10.3. The van der Waals surface area contributed by atoms with E-state index in [9.17, 15) is 9.59 Å². The normalized spacial score (nSPS) is 11.6. The molecule has 0 heterocycles. The van der Waals surface area contributed by atoms with Crippen LogP contribution in [-0.4, -0.2) is 22.8 Å². The molecule has 0 aliphatic carbocycles. The van der Waals surface area contributed by atoms with E-state index in [-0.39, 0.29) is 22.8 Å². The Bertz CT molecular complexity index is 679. The Hall–Kier alpha value is -1.98. The highest BCUT2D eigenvalue weighted by Gasteiger charge is 2.16. The lowest BCUT2D eigenvalue weighted by Crippen LogP contribution is -2.25. The van der Waals surface area contributed by atoms with E-state index in [0.29, 0.717) is 10.7 Å². The van der Waals surface area contributed by atoms with Crippen LogP contribution in [0.5, 0.6) is 0 Å². The number of hydrogen-bond donors (Lipinski definition) is 2. The second kappa shape index (κ2) is 8.60. The molecule has 0 saturated carbocycles. The summed E-state index contributed by atoms with van der Waals surface area (Å²) in [5.74, 6) is -0.124. The Balaban J connectivity index is 1.80. The van der Waals surface area contributed by atoms with Gasteiger partial charge >= 0.3 is 0 Å². The average molecular weight is 349 g/mol. The zero-order valence-electron chi connectivity index (χ0n) is 12.6. The molecule has 0 aliphatic heterocycles. The van der Waals surface area contributed by atoms with Gasteiger partial charge in [0.15, 0.2) is 0 Å². The van der Waals surface area contributed by atoms with Crippen LogP contribution in [0.2, 0.25) is 5.02 Å². The molecule has 0 radical (unpaired) electrons. The minimum atomic E-state index is -0.368. The fourth-order valence-electron chi connectivity index (χ4n) is 1.79. The maximum atomic E-state index is 12.1. The van der Waals surface area contributed by atoms with E-state index in [0.717, 1.165) is 5.69 Å². The molecule has 120 valence electrons. The van der Waals surface area contributed by atoms with E-state index in [1.54, 1.807) is 31.2 Å². The number of amides is 2. The highest BCUT2D eigenvalue weighted by Crippen LogP contribution is 2.22. The van der Waals surface area contributed by atoms with E-state index in [1.165, 1.54) is 11.8 Å². The number of hydrogen-bond acceptors (Lipinski definition) is 3. The summed E-state index contributed by atoms with van der Waals surface area (Å²) in [6, 6.07) is 16.3. The molecule has 0 unspecified atom stereocenters. The summed E-state index contributed by atoms with van der Waals surface area (Å²) in [7, 11) is 0. The smallest absolute Gasteiger partial charge is 0.237 e. The van der Waals surface area contributed by atoms with Crippen molar-refractivity contribution < 1.29 is 9.59 Å². The van der Waals surface area contributed by atoms with Gasteiger partial charge in [0.25, 0.3) is 0 Å². The summed E-state index contributed by atoms with van der Waals surface area (Å²) < 4.78 is 0. The first kappa shape index (κ1) is 17.4. The fraction of sp³-hybridized carbons (Fsp3) is 0.176. The first-order chi connectivity index (χ1) is 11.1. The van der Waals surface area contributed by atoms with Gasteiger partial charge in [-0.3, -0.25) is 9.59 Å². The number of rotatable bonds is 6. The first-order valence-electron chi connectivity index (χ1n) is 7.08. The molecule has 0 fully saturated rings. The van der Waals surface area contributed by atoms with E-state index in [2.05, 4.69) is 10.6 Å². The van der Waals surface area contributed by atoms with Gasteiger partial charge in [-0.1, -0.05) is 41.9 Å². The third-order valence-corrected chi connectivity index (χ3v) is 4.50. The van der Waals surface area contributed by atoms with Crippen LogP contribution >= 0.6 is 23.4 Å². The van der Waals surface area contributed by atoms with Gasteiger partial charge in [0, 0.05) is 5.69 Å². The quantitative estimate of drug-likeness (QED) is 0.828. The van der Waals surface area contributed by atoms with Crippen LogP contribution in [0.25, 0.3) is 0 Å². The molecule has 1 atom stereocenters. The average Bonchev–Trinajstić information content (AvgIpc) is 2.55. The third-order valence-electron chi connectivity index (χ3n) is 3.02. The van der Waals surface area contributed by atoms with Gasteiger partial charge < -0.3 is 10.6 Å². The topological polar surface area (TPSA) is 58.2 Å². The Labute approximate surface area is 144 Å². The Morgan fingerprint density at radius 1 is 1.04 bits per heavy atom. The number of anilines is 2. The van der Waals surface area contributed by atoms with Crippen molar-refractivity contribution >= 4 is 46.6 Å². The number of benzene rings is 2. The Morgan fingerprint density at radius 2 is 1.70 bits per heavy atom. The van der Waals surface area contributed by atoms with E-state index < -0.39 is 0 Å². The summed E-state index contributed by atoms with van der Waals surface area (Å²) in [6.07, 6.45) is 0. The number of carbonyl (C=O) groups excluding carboxylic acids is 2. The van der Waals surface area contributed by atoms with Crippen molar-refractivity contribution in [2.24, 2.45) is 0 Å². The van der Waals surface area contributed by atoms with Crippen LogP contribution in [0, 0.1) is 0 Å². The highest BCUT2D eigenvalue weighted by atomic mass is 35.5. The molecule has 0 bridgehead atoms. The van der Waals surface area contributed by atoms with Crippen LogP contribution in [0.15, 0.2) is 54.6 Å². The summed E-state index contributed by atoms with van der Waals surface area (Å²) >= 11 is 7.27. The number of halogens is 1. The number of nitrogens with one attached hydrogen (secondary N) is 2. The zero-order chi connectivity index (χ0) is 16.7. The van der Waals surface area contributed by atoms with Crippen molar-refractivity contribution in [3.8, 4) is 0 Å². The number of thioether (sulfide) groups is 1. The second-order valence-corrected chi connectivity index (χ2v) is 6.57. The molecule has 2 amide bonds. The minimum absolute atomic E-state index is 0.140. The van der Waals surface area contributed by atoms with Crippen molar-refractivity contribution in [3.63, 3.8) is 0 Å². The summed E-state index contributed by atoms with van der Waals surface area (Å²) in [4.78, 5) is 24.0. The SMILES string of the molecule is C[C@@H](SCC(=O)Nc1ccccc1)C(=O)Nc1ccccc1Cl. The molecule has 23 heavy (non-hydrogen) atoms. The van der Waals surface area contributed by atoms with Crippen molar-refractivity contribution in [2.45, 2.75) is 12.2 Å². The molecule has 2 rings (SSSR count). The van der Waals surface area contributed by atoms with Crippen molar-refractivity contribution in [2.75, 3.05) is 16.4 Å². The van der Waals surface area contributed by atoms with Crippen molar-refractivity contribution in [1.29, 1.82) is 0 Å². The van der Waals surface area contributed by atoms with Crippen LogP contribution in [0.4, 0.5) is 11.4 Å².